The Balaban J connectivity index is 2.22. The van der Waals surface area contributed by atoms with Crippen molar-refractivity contribution in [3.05, 3.63) is 0 Å². The van der Waals surface area contributed by atoms with Gasteiger partial charge < -0.3 is 0 Å². The van der Waals surface area contributed by atoms with Gasteiger partial charge in [0.1, 0.15) is 0 Å². The fourth-order valence-electron chi connectivity index (χ4n) is 1.89. The molecule has 0 aromatic carbocycles. The van der Waals surface area contributed by atoms with Gasteiger partial charge in [0.15, 0.2) is 0 Å². The standard InChI is InChI=1S/C10H21NO2/c1-9(2)5-7-11-6-3-4-10(11)8-13-12/h9-10,12H,3-8H2,1-2H3. The van der Waals surface area contributed by atoms with Gasteiger partial charge in [0.05, 0.1) is 6.61 Å². The maximum absolute atomic E-state index is 8.40. The first kappa shape index (κ1) is 11.0. The summed E-state index contributed by atoms with van der Waals surface area (Å²) in [5.41, 5.74) is 0. The molecule has 1 unspecified atom stereocenters. The smallest absolute Gasteiger partial charge is 0.0974 e. The minimum absolute atomic E-state index is 0.448. The zero-order valence-electron chi connectivity index (χ0n) is 8.70. The topological polar surface area (TPSA) is 32.7 Å². The molecule has 3 heteroatoms. The Hall–Kier alpha value is -0.120. The molecule has 1 aliphatic heterocycles. The van der Waals surface area contributed by atoms with Gasteiger partial charge in [-0.25, -0.2) is 4.89 Å². The number of hydrogen-bond donors (Lipinski definition) is 1. The second-order valence-electron chi connectivity index (χ2n) is 4.31. The second kappa shape index (κ2) is 5.58. The van der Waals surface area contributed by atoms with Crippen LogP contribution >= 0.6 is 0 Å². The average molecular weight is 187 g/mol. The SMILES string of the molecule is CC(C)CCN1CCCC1COO. The molecular weight excluding hydrogens is 166 g/mol. The van der Waals surface area contributed by atoms with Crippen LogP contribution in [0.5, 0.6) is 0 Å². The molecule has 0 aromatic heterocycles. The number of likely N-dealkylation sites (tertiary alicyclic amines) is 1. The molecule has 0 saturated carbocycles. The van der Waals surface area contributed by atoms with Crippen LogP contribution in [0.1, 0.15) is 33.1 Å². The minimum Gasteiger partial charge on any atom is -0.298 e. The molecule has 1 atom stereocenters. The van der Waals surface area contributed by atoms with Crippen LogP contribution in [0.2, 0.25) is 0 Å². The van der Waals surface area contributed by atoms with Gasteiger partial charge in [-0.15, -0.1) is 0 Å². The van der Waals surface area contributed by atoms with Crippen LogP contribution < -0.4 is 0 Å². The fraction of sp³-hybridized carbons (Fsp3) is 1.00. The van der Waals surface area contributed by atoms with E-state index in [0.29, 0.717) is 12.6 Å². The molecule has 78 valence electrons. The zero-order valence-corrected chi connectivity index (χ0v) is 8.70. The lowest BCUT2D eigenvalue weighted by Crippen LogP contribution is -2.34. The lowest BCUT2D eigenvalue weighted by molar-refractivity contribution is -0.250. The quantitative estimate of drug-likeness (QED) is 0.527. The first-order valence-electron chi connectivity index (χ1n) is 5.24. The van der Waals surface area contributed by atoms with Crippen molar-refractivity contribution in [1.82, 2.24) is 4.90 Å². The predicted molar refractivity (Wildman–Crippen MR) is 52.6 cm³/mol. The van der Waals surface area contributed by atoms with E-state index in [1.165, 1.54) is 25.8 Å². The minimum atomic E-state index is 0.448. The maximum Gasteiger partial charge on any atom is 0.0974 e. The van der Waals surface area contributed by atoms with Crippen molar-refractivity contribution >= 4 is 0 Å². The van der Waals surface area contributed by atoms with Crippen molar-refractivity contribution < 1.29 is 10.1 Å². The van der Waals surface area contributed by atoms with Crippen LogP contribution in [0.25, 0.3) is 0 Å². The maximum atomic E-state index is 8.40. The van der Waals surface area contributed by atoms with E-state index >= 15 is 0 Å². The van der Waals surface area contributed by atoms with Gasteiger partial charge in [0.25, 0.3) is 0 Å². The van der Waals surface area contributed by atoms with Gasteiger partial charge >= 0.3 is 0 Å². The fourth-order valence-corrected chi connectivity index (χ4v) is 1.89. The molecule has 1 aliphatic rings. The van der Waals surface area contributed by atoms with Gasteiger partial charge in [0.2, 0.25) is 0 Å². The predicted octanol–water partition coefficient (Wildman–Crippen LogP) is 1.99. The average Bonchev–Trinajstić information content (AvgIpc) is 2.49. The van der Waals surface area contributed by atoms with Crippen LogP contribution in [0.4, 0.5) is 0 Å². The van der Waals surface area contributed by atoms with Gasteiger partial charge in [0, 0.05) is 6.04 Å². The lowest BCUT2D eigenvalue weighted by atomic mass is 10.1. The van der Waals surface area contributed by atoms with Crippen LogP contribution in [0.3, 0.4) is 0 Å². The van der Waals surface area contributed by atoms with Crippen molar-refractivity contribution in [2.24, 2.45) is 5.92 Å². The van der Waals surface area contributed by atoms with Gasteiger partial charge in [-0.05, 0) is 38.3 Å². The first-order valence-corrected chi connectivity index (χ1v) is 5.24. The Kier molecular flexibility index (Phi) is 4.70. The molecule has 1 heterocycles. The molecule has 0 aromatic rings. The highest BCUT2D eigenvalue weighted by atomic mass is 17.1. The van der Waals surface area contributed by atoms with E-state index in [9.17, 15) is 0 Å². The summed E-state index contributed by atoms with van der Waals surface area (Å²) in [5.74, 6) is 0.760. The second-order valence-corrected chi connectivity index (χ2v) is 4.31. The number of hydrogen-bond acceptors (Lipinski definition) is 3. The highest BCUT2D eigenvalue weighted by molar-refractivity contribution is 4.78. The van der Waals surface area contributed by atoms with Crippen molar-refractivity contribution in [2.75, 3.05) is 19.7 Å². The third kappa shape index (κ3) is 3.63. The van der Waals surface area contributed by atoms with Crippen LogP contribution in [0, 0.1) is 5.92 Å². The first-order chi connectivity index (χ1) is 6.24. The van der Waals surface area contributed by atoms with E-state index < -0.39 is 0 Å². The Bertz CT molecular complexity index is 139. The largest absolute Gasteiger partial charge is 0.298 e. The van der Waals surface area contributed by atoms with E-state index in [1.807, 2.05) is 0 Å². The van der Waals surface area contributed by atoms with Crippen molar-refractivity contribution in [2.45, 2.75) is 39.2 Å². The summed E-state index contributed by atoms with van der Waals surface area (Å²) in [7, 11) is 0. The lowest BCUT2D eigenvalue weighted by Gasteiger charge is -2.23. The van der Waals surface area contributed by atoms with E-state index in [2.05, 4.69) is 23.6 Å². The van der Waals surface area contributed by atoms with Crippen LogP contribution in [-0.4, -0.2) is 35.9 Å². The zero-order chi connectivity index (χ0) is 9.68. The number of nitrogens with zero attached hydrogens (tertiary/aromatic N) is 1. The highest BCUT2D eigenvalue weighted by Crippen LogP contribution is 2.18. The van der Waals surface area contributed by atoms with Crippen molar-refractivity contribution in [1.29, 1.82) is 0 Å². The molecule has 0 aliphatic carbocycles. The van der Waals surface area contributed by atoms with Gasteiger partial charge in [-0.2, -0.15) is 0 Å². The molecule has 0 amide bonds. The Morgan fingerprint density at radius 3 is 2.92 bits per heavy atom. The molecule has 0 radical (unpaired) electrons. The van der Waals surface area contributed by atoms with Crippen molar-refractivity contribution in [3.63, 3.8) is 0 Å². The molecule has 0 spiro atoms. The summed E-state index contributed by atoms with van der Waals surface area (Å²) >= 11 is 0. The van der Waals surface area contributed by atoms with Crippen molar-refractivity contribution in [3.8, 4) is 0 Å². The monoisotopic (exact) mass is 187 g/mol. The summed E-state index contributed by atoms with van der Waals surface area (Å²) in [6.07, 6.45) is 3.65. The molecule has 0 bridgehead atoms. The third-order valence-electron chi connectivity index (χ3n) is 2.76. The summed E-state index contributed by atoms with van der Waals surface area (Å²) in [5, 5.41) is 8.40. The van der Waals surface area contributed by atoms with E-state index in [1.54, 1.807) is 0 Å². The summed E-state index contributed by atoms with van der Waals surface area (Å²) < 4.78 is 0. The number of rotatable bonds is 5. The third-order valence-corrected chi connectivity index (χ3v) is 2.76. The summed E-state index contributed by atoms with van der Waals surface area (Å²) in [6.45, 7) is 7.27. The molecular formula is C10H21NO2. The molecule has 1 rings (SSSR count). The van der Waals surface area contributed by atoms with E-state index in [0.717, 1.165) is 12.5 Å². The Morgan fingerprint density at radius 2 is 2.31 bits per heavy atom. The molecule has 3 nitrogen and oxygen atoms in total. The van der Waals surface area contributed by atoms with E-state index in [4.69, 9.17) is 5.26 Å². The van der Waals surface area contributed by atoms with Gasteiger partial charge in [-0.3, -0.25) is 10.2 Å². The Labute approximate surface area is 80.6 Å². The summed E-state index contributed by atoms with van der Waals surface area (Å²) in [4.78, 5) is 6.65. The summed E-state index contributed by atoms with van der Waals surface area (Å²) in [6, 6.07) is 0.448. The van der Waals surface area contributed by atoms with Gasteiger partial charge in [-0.1, -0.05) is 13.8 Å². The molecule has 1 fully saturated rings. The van der Waals surface area contributed by atoms with Crippen LogP contribution in [0.15, 0.2) is 0 Å². The highest BCUT2D eigenvalue weighted by Gasteiger charge is 2.24. The molecule has 1 N–H and O–H groups in total. The normalized spacial score (nSPS) is 24.5. The molecule has 13 heavy (non-hydrogen) atoms. The van der Waals surface area contributed by atoms with E-state index in [-0.39, 0.29) is 0 Å². The van der Waals surface area contributed by atoms with Crippen LogP contribution in [-0.2, 0) is 4.89 Å². The molecule has 1 saturated heterocycles. The Morgan fingerprint density at radius 1 is 1.54 bits per heavy atom.